The highest BCUT2D eigenvalue weighted by molar-refractivity contribution is 14.1. The Labute approximate surface area is 184 Å². The smallest absolute Gasteiger partial charge is 0.0130 e. The normalized spacial score (nSPS) is 18.3. The number of hydrogen-bond donors (Lipinski definition) is 0. The van der Waals surface area contributed by atoms with Crippen LogP contribution in [0.3, 0.4) is 0 Å². The Morgan fingerprint density at radius 1 is 0.538 bits per heavy atom. The van der Waals surface area contributed by atoms with Crippen molar-refractivity contribution in [2.45, 2.75) is 76.0 Å². The molecular formula is C24H32BrI. The van der Waals surface area contributed by atoms with Crippen molar-refractivity contribution in [3.63, 3.8) is 0 Å². The van der Waals surface area contributed by atoms with Crippen LogP contribution in [-0.2, 0) is 0 Å². The van der Waals surface area contributed by atoms with Gasteiger partial charge in [0.05, 0.1) is 0 Å². The van der Waals surface area contributed by atoms with Crippen molar-refractivity contribution in [3.8, 4) is 0 Å². The van der Waals surface area contributed by atoms with E-state index in [-0.39, 0.29) is 17.0 Å². The summed E-state index contributed by atoms with van der Waals surface area (Å²) >= 11 is 2.37. The molecule has 0 nitrogen and oxygen atoms in total. The Kier molecular flexibility index (Phi) is 10.3. The van der Waals surface area contributed by atoms with Crippen LogP contribution in [0.4, 0.5) is 0 Å². The lowest BCUT2D eigenvalue weighted by Gasteiger charge is -2.21. The topological polar surface area (TPSA) is 0 Å². The Morgan fingerprint density at radius 3 is 1.42 bits per heavy atom. The van der Waals surface area contributed by atoms with Crippen molar-refractivity contribution in [3.05, 3.63) is 69.3 Å². The molecule has 4 rings (SSSR count). The van der Waals surface area contributed by atoms with Crippen molar-refractivity contribution in [1.82, 2.24) is 0 Å². The maximum absolute atomic E-state index is 2.37. The molecule has 0 spiro atoms. The quantitative estimate of drug-likeness (QED) is 0.343. The molecule has 2 aliphatic rings. The van der Waals surface area contributed by atoms with Crippen LogP contribution in [0.5, 0.6) is 0 Å². The number of benzene rings is 2. The van der Waals surface area contributed by atoms with Gasteiger partial charge in [0.2, 0.25) is 0 Å². The summed E-state index contributed by atoms with van der Waals surface area (Å²) < 4.78 is 1.34. The zero-order chi connectivity index (χ0) is 17.3. The summed E-state index contributed by atoms with van der Waals surface area (Å²) in [6.45, 7) is 0. The van der Waals surface area contributed by atoms with E-state index in [1.165, 1.54) is 67.8 Å². The summed E-state index contributed by atoms with van der Waals surface area (Å²) in [7, 11) is 0. The first kappa shape index (κ1) is 21.9. The van der Waals surface area contributed by atoms with E-state index in [1.54, 1.807) is 11.1 Å². The van der Waals surface area contributed by atoms with E-state index in [1.807, 2.05) is 0 Å². The highest BCUT2D eigenvalue weighted by Gasteiger charge is 2.15. The summed E-state index contributed by atoms with van der Waals surface area (Å²) in [5.74, 6) is 1.71. The first-order valence-corrected chi connectivity index (χ1v) is 11.2. The van der Waals surface area contributed by atoms with Gasteiger partial charge >= 0.3 is 0 Å². The fourth-order valence-corrected chi connectivity index (χ4v) is 4.69. The molecule has 0 N–H and O–H groups in total. The lowest BCUT2D eigenvalue weighted by Crippen LogP contribution is -2.04. The highest BCUT2D eigenvalue weighted by Crippen LogP contribution is 2.33. The SMILES string of the molecule is Br.Ic1ccc(C2CCCCC2)cc1.c1ccc(C2CCCCC2)cc1. The van der Waals surface area contributed by atoms with Crippen molar-refractivity contribution < 1.29 is 0 Å². The molecule has 0 radical (unpaired) electrons. The minimum Gasteiger partial charge on any atom is -0.114 e. The summed E-state index contributed by atoms with van der Waals surface area (Å²) in [5.41, 5.74) is 3.11. The molecule has 0 heterocycles. The number of rotatable bonds is 2. The van der Waals surface area contributed by atoms with Gasteiger partial charge in [0.25, 0.3) is 0 Å². The Morgan fingerprint density at radius 2 is 0.962 bits per heavy atom. The average Bonchev–Trinajstić information content (AvgIpc) is 2.71. The van der Waals surface area contributed by atoms with Gasteiger partial charge in [-0.2, -0.15) is 0 Å². The molecule has 0 bridgehead atoms. The molecule has 2 aromatic carbocycles. The van der Waals surface area contributed by atoms with E-state index in [0.29, 0.717) is 0 Å². The molecule has 0 atom stereocenters. The molecule has 0 unspecified atom stereocenters. The molecule has 2 aromatic rings. The number of halogens is 2. The zero-order valence-corrected chi connectivity index (χ0v) is 19.6. The summed E-state index contributed by atoms with van der Waals surface area (Å²) in [5, 5.41) is 0. The van der Waals surface area contributed by atoms with Crippen molar-refractivity contribution >= 4 is 39.6 Å². The second-order valence-electron chi connectivity index (χ2n) is 7.63. The van der Waals surface area contributed by atoms with Crippen molar-refractivity contribution in [1.29, 1.82) is 0 Å². The third-order valence-electron chi connectivity index (χ3n) is 5.82. The van der Waals surface area contributed by atoms with E-state index >= 15 is 0 Å². The van der Waals surface area contributed by atoms with Gasteiger partial charge in [-0.15, -0.1) is 17.0 Å². The summed E-state index contributed by atoms with van der Waals surface area (Å²) in [4.78, 5) is 0. The predicted molar refractivity (Wildman–Crippen MR) is 128 cm³/mol. The molecule has 26 heavy (non-hydrogen) atoms. The van der Waals surface area contributed by atoms with Crippen LogP contribution in [0, 0.1) is 3.57 Å². The van der Waals surface area contributed by atoms with Crippen LogP contribution >= 0.6 is 39.6 Å². The van der Waals surface area contributed by atoms with Gasteiger partial charge in [-0.05, 0) is 83.4 Å². The lowest BCUT2D eigenvalue weighted by molar-refractivity contribution is 0.443. The number of hydrogen-bond acceptors (Lipinski definition) is 0. The Bertz CT molecular complexity index is 596. The van der Waals surface area contributed by atoms with Crippen LogP contribution in [0.2, 0.25) is 0 Å². The van der Waals surface area contributed by atoms with Crippen LogP contribution < -0.4 is 0 Å². The molecule has 2 saturated carbocycles. The lowest BCUT2D eigenvalue weighted by atomic mass is 9.84. The molecule has 2 fully saturated rings. The summed E-state index contributed by atoms with van der Waals surface area (Å²) in [6.07, 6.45) is 14.2. The minimum atomic E-state index is 0. The van der Waals surface area contributed by atoms with Gasteiger partial charge in [-0.1, -0.05) is 81.0 Å². The minimum absolute atomic E-state index is 0. The second kappa shape index (κ2) is 12.2. The highest BCUT2D eigenvalue weighted by atomic mass is 127. The second-order valence-corrected chi connectivity index (χ2v) is 8.88. The fourth-order valence-electron chi connectivity index (χ4n) is 4.33. The van der Waals surface area contributed by atoms with Crippen LogP contribution in [-0.4, -0.2) is 0 Å². The van der Waals surface area contributed by atoms with Crippen LogP contribution in [0.25, 0.3) is 0 Å². The van der Waals surface area contributed by atoms with E-state index in [9.17, 15) is 0 Å². The average molecular weight is 527 g/mol. The molecular weight excluding hydrogens is 495 g/mol. The largest absolute Gasteiger partial charge is 0.114 e. The van der Waals surface area contributed by atoms with Crippen molar-refractivity contribution in [2.75, 3.05) is 0 Å². The van der Waals surface area contributed by atoms with Crippen LogP contribution in [0.15, 0.2) is 54.6 Å². The first-order valence-electron chi connectivity index (χ1n) is 10.1. The van der Waals surface area contributed by atoms with E-state index in [4.69, 9.17) is 0 Å². The van der Waals surface area contributed by atoms with Gasteiger partial charge in [-0.3, -0.25) is 0 Å². The third kappa shape index (κ3) is 6.99. The van der Waals surface area contributed by atoms with Crippen LogP contribution in [0.1, 0.15) is 87.2 Å². The molecule has 2 heteroatoms. The van der Waals surface area contributed by atoms with Crippen molar-refractivity contribution in [2.24, 2.45) is 0 Å². The molecule has 0 saturated heterocycles. The maximum Gasteiger partial charge on any atom is 0.0130 e. The first-order chi connectivity index (χ1) is 12.3. The predicted octanol–water partition coefficient (Wildman–Crippen LogP) is 8.65. The monoisotopic (exact) mass is 526 g/mol. The molecule has 0 aromatic heterocycles. The van der Waals surface area contributed by atoms with Gasteiger partial charge in [0.15, 0.2) is 0 Å². The molecule has 2 aliphatic carbocycles. The Balaban J connectivity index is 0.000000180. The summed E-state index contributed by atoms with van der Waals surface area (Å²) in [6, 6.07) is 20.0. The molecule has 0 amide bonds. The zero-order valence-electron chi connectivity index (χ0n) is 15.7. The molecule has 142 valence electrons. The van der Waals surface area contributed by atoms with Gasteiger partial charge in [0.1, 0.15) is 0 Å². The van der Waals surface area contributed by atoms with E-state index < -0.39 is 0 Å². The standard InChI is InChI=1S/C12H15I.C12H16.BrH/c13-12-8-6-11(7-9-12)10-4-2-1-3-5-10;1-3-7-11(8-4-1)12-9-5-2-6-10-12;/h6-10H,1-5H2;1,3-4,7-8,12H,2,5-6,9-10H2;1H. The van der Waals surface area contributed by atoms with Gasteiger partial charge in [-0.25, -0.2) is 0 Å². The van der Waals surface area contributed by atoms with E-state index in [0.717, 1.165) is 11.8 Å². The maximum atomic E-state index is 2.37. The van der Waals surface area contributed by atoms with E-state index in [2.05, 4.69) is 77.2 Å². The van der Waals surface area contributed by atoms with Gasteiger partial charge in [0, 0.05) is 3.57 Å². The van der Waals surface area contributed by atoms with Gasteiger partial charge < -0.3 is 0 Å². The fraction of sp³-hybridized carbons (Fsp3) is 0.500. The Hall–Kier alpha value is -0.350. The third-order valence-corrected chi connectivity index (χ3v) is 6.54. The molecule has 0 aliphatic heterocycles.